The number of hydrogen-bond donors (Lipinski definition) is 0. The van der Waals surface area contributed by atoms with Crippen LogP contribution in [0.4, 0.5) is 5.69 Å². The molecule has 1 heterocycles. The Bertz CT molecular complexity index is 431. The number of likely N-dealkylation sites (N-methyl/N-ethyl adjacent to an activating group) is 1. The minimum atomic E-state index is 0. The van der Waals surface area contributed by atoms with Crippen LogP contribution in [0.25, 0.3) is 0 Å². The van der Waals surface area contributed by atoms with Crippen LogP contribution in [-0.4, -0.2) is 13.1 Å². The fourth-order valence-corrected chi connectivity index (χ4v) is 1.93. The molecule has 0 aliphatic carbocycles. The zero-order valence-corrected chi connectivity index (χ0v) is 11.4. The van der Waals surface area contributed by atoms with E-state index in [4.69, 9.17) is 0 Å². The van der Waals surface area contributed by atoms with Crippen LogP contribution >= 0.6 is 0 Å². The molecule has 2 nitrogen and oxygen atoms in total. The zero-order chi connectivity index (χ0) is 11.9. The van der Waals surface area contributed by atoms with Crippen molar-refractivity contribution in [2.24, 2.45) is 0 Å². The Morgan fingerprint density at radius 2 is 1.56 bits per heavy atom. The lowest BCUT2D eigenvalue weighted by atomic mass is 10.3. The number of hydrogen-bond acceptors (Lipinski definition) is 1. The maximum atomic E-state index is 2.39. The quantitative estimate of drug-likeness (QED) is 0.660. The first kappa shape index (κ1) is 14.5. The van der Waals surface area contributed by atoms with Crippen molar-refractivity contribution in [3.63, 3.8) is 0 Å². The molecule has 0 atom stereocenters. The summed E-state index contributed by atoms with van der Waals surface area (Å²) in [5.74, 6) is 0. The third kappa shape index (κ3) is 4.04. The third-order valence-corrected chi connectivity index (χ3v) is 2.91. The van der Waals surface area contributed by atoms with Gasteiger partial charge in [-0.15, -0.1) is 0 Å². The van der Waals surface area contributed by atoms with Gasteiger partial charge in [-0.1, -0.05) is 24.3 Å². The SMILES string of the molecule is CCN(CC[n+]1ccccc1)c1ccccc1.[Cl-]. The van der Waals surface area contributed by atoms with E-state index in [1.165, 1.54) is 5.69 Å². The number of aromatic nitrogens is 1. The van der Waals surface area contributed by atoms with E-state index >= 15 is 0 Å². The summed E-state index contributed by atoms with van der Waals surface area (Å²) in [5, 5.41) is 0. The predicted molar refractivity (Wildman–Crippen MR) is 71.0 cm³/mol. The molecule has 1 aromatic carbocycles. The highest BCUT2D eigenvalue weighted by atomic mass is 35.5. The van der Waals surface area contributed by atoms with Crippen molar-refractivity contribution in [2.75, 3.05) is 18.0 Å². The van der Waals surface area contributed by atoms with Gasteiger partial charge in [0, 0.05) is 24.4 Å². The van der Waals surface area contributed by atoms with Crippen molar-refractivity contribution >= 4 is 5.69 Å². The number of para-hydroxylation sites is 1. The number of rotatable bonds is 5. The molecule has 1 aromatic heterocycles. The molecule has 0 aliphatic rings. The van der Waals surface area contributed by atoms with Gasteiger partial charge in [-0.2, -0.15) is 0 Å². The molecular weight excluding hydrogens is 244 g/mol. The van der Waals surface area contributed by atoms with Gasteiger partial charge >= 0.3 is 0 Å². The second-order valence-corrected chi connectivity index (χ2v) is 4.03. The number of pyridine rings is 1. The minimum absolute atomic E-state index is 0. The lowest BCUT2D eigenvalue weighted by molar-refractivity contribution is -0.694. The molecule has 0 fully saturated rings. The average Bonchev–Trinajstić information content (AvgIpc) is 2.42. The standard InChI is InChI=1S/C15H19N2.ClH/c1-2-17(15-9-5-3-6-10-15)14-13-16-11-7-4-8-12-16;/h3-12H,2,13-14H2,1H3;1H/q+1;/p-1. The van der Waals surface area contributed by atoms with E-state index in [2.05, 4.69) is 71.2 Å². The highest BCUT2D eigenvalue weighted by Crippen LogP contribution is 2.11. The molecule has 0 radical (unpaired) electrons. The summed E-state index contributed by atoms with van der Waals surface area (Å²) in [6.07, 6.45) is 4.22. The van der Waals surface area contributed by atoms with Crippen LogP contribution in [0.15, 0.2) is 60.9 Å². The Hall–Kier alpha value is -1.54. The molecule has 18 heavy (non-hydrogen) atoms. The van der Waals surface area contributed by atoms with Crippen LogP contribution in [0.2, 0.25) is 0 Å². The van der Waals surface area contributed by atoms with Gasteiger partial charge < -0.3 is 17.3 Å². The molecular formula is C15H19ClN2. The Labute approximate surface area is 115 Å². The van der Waals surface area contributed by atoms with Gasteiger partial charge in [-0.05, 0) is 19.1 Å². The second kappa shape index (κ2) is 7.72. The van der Waals surface area contributed by atoms with Crippen molar-refractivity contribution in [3.05, 3.63) is 60.9 Å². The molecule has 0 bridgehead atoms. The zero-order valence-electron chi connectivity index (χ0n) is 10.7. The molecule has 0 unspecified atom stereocenters. The maximum Gasteiger partial charge on any atom is 0.168 e. The average molecular weight is 263 g/mol. The lowest BCUT2D eigenvalue weighted by Gasteiger charge is -2.21. The molecule has 2 rings (SSSR count). The fourth-order valence-electron chi connectivity index (χ4n) is 1.93. The predicted octanol–water partition coefficient (Wildman–Crippen LogP) is -0.495. The summed E-state index contributed by atoms with van der Waals surface area (Å²) < 4.78 is 2.21. The van der Waals surface area contributed by atoms with E-state index in [1.807, 2.05) is 6.07 Å². The normalized spacial score (nSPS) is 9.61. The minimum Gasteiger partial charge on any atom is -1.00 e. The molecule has 96 valence electrons. The maximum absolute atomic E-state index is 2.39. The third-order valence-electron chi connectivity index (χ3n) is 2.91. The van der Waals surface area contributed by atoms with E-state index < -0.39 is 0 Å². The van der Waals surface area contributed by atoms with Crippen molar-refractivity contribution in [1.82, 2.24) is 0 Å². The topological polar surface area (TPSA) is 7.12 Å². The van der Waals surface area contributed by atoms with Crippen molar-refractivity contribution in [2.45, 2.75) is 13.5 Å². The highest BCUT2D eigenvalue weighted by Gasteiger charge is 2.06. The first-order valence-corrected chi connectivity index (χ1v) is 6.14. The molecule has 0 saturated carbocycles. The first-order chi connectivity index (χ1) is 8.40. The van der Waals surface area contributed by atoms with Gasteiger partial charge in [0.15, 0.2) is 18.9 Å². The summed E-state index contributed by atoms with van der Waals surface area (Å²) >= 11 is 0. The van der Waals surface area contributed by atoms with E-state index in [0.29, 0.717) is 0 Å². The van der Waals surface area contributed by atoms with Gasteiger partial charge in [0.2, 0.25) is 0 Å². The summed E-state index contributed by atoms with van der Waals surface area (Å²) in [6.45, 7) is 5.29. The summed E-state index contributed by atoms with van der Waals surface area (Å²) in [5.41, 5.74) is 1.30. The summed E-state index contributed by atoms with van der Waals surface area (Å²) in [6, 6.07) is 16.8. The smallest absolute Gasteiger partial charge is 0.168 e. The number of nitrogens with zero attached hydrogens (tertiary/aromatic N) is 2. The molecule has 2 aromatic rings. The number of anilines is 1. The van der Waals surface area contributed by atoms with E-state index in [0.717, 1.165) is 19.6 Å². The molecule has 0 aliphatic heterocycles. The highest BCUT2D eigenvalue weighted by molar-refractivity contribution is 5.45. The Morgan fingerprint density at radius 1 is 0.944 bits per heavy atom. The van der Waals surface area contributed by atoms with Crippen LogP contribution in [0.5, 0.6) is 0 Å². The summed E-state index contributed by atoms with van der Waals surface area (Å²) in [7, 11) is 0. The van der Waals surface area contributed by atoms with Crippen molar-refractivity contribution in [1.29, 1.82) is 0 Å². The Balaban J connectivity index is 0.00000162. The lowest BCUT2D eigenvalue weighted by Crippen LogP contribution is -3.00. The van der Waals surface area contributed by atoms with Crippen LogP contribution in [0.3, 0.4) is 0 Å². The largest absolute Gasteiger partial charge is 1.00 e. The van der Waals surface area contributed by atoms with Gasteiger partial charge in [0.1, 0.15) is 0 Å². The second-order valence-electron chi connectivity index (χ2n) is 4.03. The van der Waals surface area contributed by atoms with E-state index in [1.54, 1.807) is 0 Å². The number of halogens is 1. The molecule has 0 saturated heterocycles. The van der Waals surface area contributed by atoms with Crippen LogP contribution in [0.1, 0.15) is 6.92 Å². The van der Waals surface area contributed by atoms with E-state index in [9.17, 15) is 0 Å². The monoisotopic (exact) mass is 262 g/mol. The van der Waals surface area contributed by atoms with Gasteiger partial charge in [-0.25, -0.2) is 4.57 Å². The van der Waals surface area contributed by atoms with Gasteiger partial charge in [-0.3, -0.25) is 0 Å². The van der Waals surface area contributed by atoms with Crippen LogP contribution in [-0.2, 0) is 6.54 Å². The Kier molecular flexibility index (Phi) is 6.23. The van der Waals surface area contributed by atoms with Crippen LogP contribution in [0, 0.1) is 0 Å². The van der Waals surface area contributed by atoms with E-state index in [-0.39, 0.29) is 12.4 Å². The molecule has 3 heteroatoms. The van der Waals surface area contributed by atoms with Gasteiger partial charge in [0.25, 0.3) is 0 Å². The molecule has 0 spiro atoms. The fraction of sp³-hybridized carbons (Fsp3) is 0.267. The summed E-state index contributed by atoms with van der Waals surface area (Å²) in [4.78, 5) is 2.39. The van der Waals surface area contributed by atoms with Gasteiger partial charge in [0.05, 0.1) is 6.54 Å². The number of benzene rings is 1. The van der Waals surface area contributed by atoms with Crippen LogP contribution < -0.4 is 21.9 Å². The molecule has 0 N–H and O–H groups in total. The van der Waals surface area contributed by atoms with Crippen molar-refractivity contribution in [3.8, 4) is 0 Å². The molecule has 0 amide bonds. The first-order valence-electron chi connectivity index (χ1n) is 6.14. The van der Waals surface area contributed by atoms with Crippen molar-refractivity contribution < 1.29 is 17.0 Å². The Morgan fingerprint density at radius 3 is 2.17 bits per heavy atom.